The van der Waals surface area contributed by atoms with Gasteiger partial charge in [0, 0.05) is 25.3 Å². The molecule has 0 aliphatic carbocycles. The van der Waals surface area contributed by atoms with Crippen molar-refractivity contribution in [1.29, 1.82) is 0 Å². The smallest absolute Gasteiger partial charge is 0.333 e. The van der Waals surface area contributed by atoms with Crippen molar-refractivity contribution in [2.24, 2.45) is 0 Å². The molecule has 1 fully saturated rings. The molecule has 4 rings (SSSR count). The highest BCUT2D eigenvalue weighted by molar-refractivity contribution is 7.22. The summed E-state index contributed by atoms with van der Waals surface area (Å²) in [5, 5.41) is 3.49. The molecule has 0 bridgehead atoms. The highest BCUT2D eigenvalue weighted by Crippen LogP contribution is 2.28. The van der Waals surface area contributed by atoms with E-state index in [0.29, 0.717) is 16.1 Å². The first-order valence-electron chi connectivity index (χ1n) is 9.85. The standard InChI is InChI=1S/C20H23N5O4S/c1-3-24-18(27)16-17(22-19(30-16)23-10-4-5-11-23)25(20(24)28)12-15(26)21-13-6-8-14(29-2)9-7-13/h6-9H,3-5,10-12H2,1-2H3,(H,21,26). The van der Waals surface area contributed by atoms with E-state index < -0.39 is 5.69 Å². The van der Waals surface area contributed by atoms with Crippen LogP contribution in [0.4, 0.5) is 10.8 Å². The Morgan fingerprint density at radius 1 is 1.17 bits per heavy atom. The second kappa shape index (κ2) is 8.31. The second-order valence-electron chi connectivity index (χ2n) is 7.04. The van der Waals surface area contributed by atoms with E-state index in [1.165, 1.54) is 15.9 Å². The van der Waals surface area contributed by atoms with Crippen LogP contribution in [0.1, 0.15) is 19.8 Å². The van der Waals surface area contributed by atoms with Gasteiger partial charge in [-0.25, -0.2) is 9.78 Å². The van der Waals surface area contributed by atoms with Crippen LogP contribution in [0.25, 0.3) is 10.3 Å². The Balaban J connectivity index is 1.70. The average molecular weight is 430 g/mol. The minimum absolute atomic E-state index is 0.227. The van der Waals surface area contributed by atoms with Gasteiger partial charge in [-0.3, -0.25) is 18.7 Å². The third-order valence-corrected chi connectivity index (χ3v) is 6.22. The number of hydrogen-bond donors (Lipinski definition) is 1. The lowest BCUT2D eigenvalue weighted by atomic mass is 10.3. The Labute approximate surface area is 176 Å². The van der Waals surface area contributed by atoms with Crippen molar-refractivity contribution in [3.63, 3.8) is 0 Å². The molecule has 1 N–H and O–H groups in total. The van der Waals surface area contributed by atoms with Crippen LogP contribution in [0.3, 0.4) is 0 Å². The summed E-state index contributed by atoms with van der Waals surface area (Å²) >= 11 is 1.28. The summed E-state index contributed by atoms with van der Waals surface area (Å²) < 4.78 is 7.95. The number of amides is 1. The van der Waals surface area contributed by atoms with Crippen molar-refractivity contribution < 1.29 is 9.53 Å². The van der Waals surface area contributed by atoms with E-state index in [1.54, 1.807) is 38.3 Å². The van der Waals surface area contributed by atoms with E-state index in [0.717, 1.165) is 35.6 Å². The lowest BCUT2D eigenvalue weighted by molar-refractivity contribution is -0.116. The fourth-order valence-electron chi connectivity index (χ4n) is 3.55. The minimum Gasteiger partial charge on any atom is -0.497 e. The number of aromatic nitrogens is 3. The number of thiazole rings is 1. The van der Waals surface area contributed by atoms with Gasteiger partial charge in [0.1, 0.15) is 17.0 Å². The molecule has 1 amide bonds. The van der Waals surface area contributed by atoms with E-state index in [2.05, 4.69) is 15.2 Å². The van der Waals surface area contributed by atoms with E-state index in [9.17, 15) is 14.4 Å². The fraction of sp³-hybridized carbons (Fsp3) is 0.400. The lowest BCUT2D eigenvalue weighted by Gasteiger charge is -2.12. The van der Waals surface area contributed by atoms with Gasteiger partial charge in [0.25, 0.3) is 5.56 Å². The molecule has 3 aromatic rings. The Bertz CT molecular complexity index is 1190. The number of hydrogen-bond acceptors (Lipinski definition) is 7. The van der Waals surface area contributed by atoms with E-state index in [4.69, 9.17) is 4.74 Å². The van der Waals surface area contributed by atoms with Gasteiger partial charge in [0.05, 0.1) is 7.11 Å². The van der Waals surface area contributed by atoms with Crippen molar-refractivity contribution in [3.05, 3.63) is 45.1 Å². The Hall–Kier alpha value is -3.14. The number of benzene rings is 1. The van der Waals surface area contributed by atoms with Crippen LogP contribution < -0.4 is 26.2 Å². The first kappa shape index (κ1) is 20.1. The normalized spacial score (nSPS) is 13.7. The summed E-state index contributed by atoms with van der Waals surface area (Å²) in [6, 6.07) is 6.91. The topological polar surface area (TPSA) is 98.5 Å². The quantitative estimate of drug-likeness (QED) is 0.643. The highest BCUT2D eigenvalue weighted by Gasteiger charge is 2.22. The van der Waals surface area contributed by atoms with Gasteiger partial charge in [-0.15, -0.1) is 0 Å². The highest BCUT2D eigenvalue weighted by atomic mass is 32.1. The zero-order valence-corrected chi connectivity index (χ0v) is 17.7. The van der Waals surface area contributed by atoms with Gasteiger partial charge >= 0.3 is 5.69 Å². The number of nitrogens with one attached hydrogen (secondary N) is 1. The molecule has 0 unspecified atom stereocenters. The first-order valence-corrected chi connectivity index (χ1v) is 10.7. The number of carbonyl (C=O) groups is 1. The fourth-order valence-corrected chi connectivity index (χ4v) is 4.62. The summed E-state index contributed by atoms with van der Waals surface area (Å²) in [6.07, 6.45) is 2.15. The first-order chi connectivity index (χ1) is 14.5. The van der Waals surface area contributed by atoms with E-state index in [-0.39, 0.29) is 30.2 Å². The van der Waals surface area contributed by atoms with Gasteiger partial charge in [-0.2, -0.15) is 0 Å². The summed E-state index contributed by atoms with van der Waals surface area (Å²) in [6.45, 7) is 3.49. The SMILES string of the molecule is CCn1c(=O)c2sc(N3CCCC3)nc2n(CC(=O)Nc2ccc(OC)cc2)c1=O. The van der Waals surface area contributed by atoms with Crippen molar-refractivity contribution in [2.45, 2.75) is 32.9 Å². The maximum Gasteiger partial charge on any atom is 0.333 e. The molecule has 0 spiro atoms. The van der Waals surface area contributed by atoms with Crippen LogP contribution >= 0.6 is 11.3 Å². The number of methoxy groups -OCH3 is 1. The largest absolute Gasteiger partial charge is 0.497 e. The van der Waals surface area contributed by atoms with Gasteiger partial charge < -0.3 is 15.0 Å². The van der Waals surface area contributed by atoms with Crippen molar-refractivity contribution in [1.82, 2.24) is 14.1 Å². The van der Waals surface area contributed by atoms with Crippen molar-refractivity contribution in [2.75, 3.05) is 30.4 Å². The van der Waals surface area contributed by atoms with Gasteiger partial charge in [0.15, 0.2) is 10.8 Å². The van der Waals surface area contributed by atoms with Gasteiger partial charge in [-0.05, 0) is 44.0 Å². The maximum atomic E-state index is 12.9. The van der Waals surface area contributed by atoms with Crippen LogP contribution in [0.2, 0.25) is 0 Å². The minimum atomic E-state index is -0.529. The predicted octanol–water partition coefficient (Wildman–Crippen LogP) is 1.89. The molecule has 1 aromatic carbocycles. The number of ether oxygens (including phenoxy) is 1. The number of nitrogens with zero attached hydrogens (tertiary/aromatic N) is 4. The van der Waals surface area contributed by atoms with Crippen LogP contribution in [-0.2, 0) is 17.9 Å². The number of carbonyl (C=O) groups excluding carboxylic acids is 1. The van der Waals surface area contributed by atoms with Crippen LogP contribution in [0.5, 0.6) is 5.75 Å². The average Bonchev–Trinajstić information content (AvgIpc) is 3.42. The summed E-state index contributed by atoms with van der Waals surface area (Å²) in [7, 11) is 1.57. The Morgan fingerprint density at radius 3 is 2.50 bits per heavy atom. The molecule has 0 atom stereocenters. The van der Waals surface area contributed by atoms with Crippen LogP contribution in [0.15, 0.2) is 33.9 Å². The maximum absolute atomic E-state index is 12.9. The molecule has 1 aliphatic heterocycles. The van der Waals surface area contributed by atoms with Crippen LogP contribution in [-0.4, -0.2) is 40.2 Å². The monoisotopic (exact) mass is 429 g/mol. The molecule has 158 valence electrons. The van der Waals surface area contributed by atoms with Gasteiger partial charge in [0.2, 0.25) is 5.91 Å². The second-order valence-corrected chi connectivity index (χ2v) is 8.02. The van der Waals surface area contributed by atoms with Crippen molar-refractivity contribution >= 4 is 38.4 Å². The number of anilines is 2. The number of rotatable bonds is 6. The molecule has 2 aromatic heterocycles. The third kappa shape index (κ3) is 3.70. The third-order valence-electron chi connectivity index (χ3n) is 5.12. The molecule has 0 saturated carbocycles. The summed E-state index contributed by atoms with van der Waals surface area (Å²) in [5.74, 6) is 0.304. The van der Waals surface area contributed by atoms with Gasteiger partial charge in [-0.1, -0.05) is 11.3 Å². The van der Waals surface area contributed by atoms with E-state index in [1.807, 2.05) is 0 Å². The Morgan fingerprint density at radius 2 is 1.87 bits per heavy atom. The molecule has 9 nitrogen and oxygen atoms in total. The molecular weight excluding hydrogens is 406 g/mol. The van der Waals surface area contributed by atoms with E-state index >= 15 is 0 Å². The molecule has 1 aliphatic rings. The number of fused-ring (bicyclic) bond motifs is 1. The molecule has 3 heterocycles. The summed E-state index contributed by atoms with van der Waals surface area (Å²) in [5.41, 5.74) is -0.0261. The van der Waals surface area contributed by atoms with Crippen molar-refractivity contribution in [3.8, 4) is 5.75 Å². The molecule has 10 heteroatoms. The van der Waals surface area contributed by atoms with Crippen LogP contribution in [0, 0.1) is 0 Å². The lowest BCUT2D eigenvalue weighted by Crippen LogP contribution is -2.41. The molecular formula is C20H23N5O4S. The molecule has 0 radical (unpaired) electrons. The zero-order chi connectivity index (χ0) is 21.3. The zero-order valence-electron chi connectivity index (χ0n) is 16.9. The predicted molar refractivity (Wildman–Crippen MR) is 117 cm³/mol. The summed E-state index contributed by atoms with van der Waals surface area (Å²) in [4.78, 5) is 45.0. The Kier molecular flexibility index (Phi) is 5.58. The molecule has 30 heavy (non-hydrogen) atoms. The molecule has 1 saturated heterocycles.